The molecule has 0 saturated carbocycles. The van der Waals surface area contributed by atoms with Crippen LogP contribution in [0.15, 0.2) is 16.8 Å². The molecule has 1 aromatic heterocycles. The summed E-state index contributed by atoms with van der Waals surface area (Å²) in [4.78, 5) is 13.4. The standard InChI is InChI=1S/C13H19NO5S2.Na/c1-13(2,3)19-12(15)14-6-10(9-4-5-20-8-9)11(7-14)21(16,17)18;/h4-5,8,10-11H,6-7H2,1-3H3,(H,16,17,18);/q;+1/p-1. The molecule has 0 aromatic carbocycles. The molecule has 0 radical (unpaired) electrons. The van der Waals surface area contributed by atoms with E-state index in [9.17, 15) is 17.8 Å². The Labute approximate surface area is 156 Å². The molecule has 6 nitrogen and oxygen atoms in total. The maximum absolute atomic E-state index is 12.1. The van der Waals surface area contributed by atoms with Crippen LogP contribution in [0.25, 0.3) is 0 Å². The van der Waals surface area contributed by atoms with E-state index in [1.54, 1.807) is 32.2 Å². The van der Waals surface area contributed by atoms with Crippen LogP contribution in [0.5, 0.6) is 0 Å². The van der Waals surface area contributed by atoms with E-state index in [4.69, 9.17) is 4.74 Å². The summed E-state index contributed by atoms with van der Waals surface area (Å²) >= 11 is 1.43. The normalized spacial score (nSPS) is 22.3. The summed E-state index contributed by atoms with van der Waals surface area (Å²) in [6.45, 7) is 5.26. The Balaban J connectivity index is 0.00000242. The second-order valence-corrected chi connectivity index (χ2v) is 8.45. The number of rotatable bonds is 2. The smallest absolute Gasteiger partial charge is 0.748 e. The minimum atomic E-state index is -4.48. The fourth-order valence-electron chi connectivity index (χ4n) is 2.35. The van der Waals surface area contributed by atoms with Crippen molar-refractivity contribution >= 4 is 27.5 Å². The molecular formula is C13H18NNaO5S2. The first-order valence-corrected chi connectivity index (χ1v) is 8.94. The van der Waals surface area contributed by atoms with Crippen molar-refractivity contribution in [1.29, 1.82) is 0 Å². The molecule has 118 valence electrons. The molecular weight excluding hydrogens is 337 g/mol. The average molecular weight is 355 g/mol. The number of amides is 1. The summed E-state index contributed by atoms with van der Waals surface area (Å²) in [7, 11) is -4.48. The summed E-state index contributed by atoms with van der Waals surface area (Å²) in [5, 5.41) is 2.50. The second-order valence-electron chi connectivity index (χ2n) is 6.08. The van der Waals surface area contributed by atoms with Gasteiger partial charge in [0.15, 0.2) is 0 Å². The molecule has 1 aliphatic heterocycles. The van der Waals surface area contributed by atoms with Crippen molar-refractivity contribution in [3.63, 3.8) is 0 Å². The SMILES string of the molecule is CC(C)(C)OC(=O)N1CC(c2ccsc2)C(S(=O)(=O)[O-])C1.[Na+]. The number of ether oxygens (including phenoxy) is 1. The summed E-state index contributed by atoms with van der Waals surface area (Å²) in [6, 6.07) is 1.78. The Morgan fingerprint density at radius 3 is 2.50 bits per heavy atom. The monoisotopic (exact) mass is 355 g/mol. The van der Waals surface area contributed by atoms with E-state index in [2.05, 4.69) is 0 Å². The maximum atomic E-state index is 12.1. The minimum absolute atomic E-state index is 0. The number of hydrogen-bond acceptors (Lipinski definition) is 6. The summed E-state index contributed by atoms with van der Waals surface area (Å²) in [6.07, 6.45) is -0.589. The number of carbonyl (C=O) groups excluding carboxylic acids is 1. The van der Waals surface area contributed by atoms with Gasteiger partial charge in [-0.1, -0.05) is 0 Å². The number of hydrogen-bond donors (Lipinski definition) is 0. The first-order valence-electron chi connectivity index (χ1n) is 6.52. The third kappa shape index (κ3) is 4.94. The van der Waals surface area contributed by atoms with Gasteiger partial charge in [-0.2, -0.15) is 11.3 Å². The molecule has 1 amide bonds. The van der Waals surface area contributed by atoms with E-state index in [1.807, 2.05) is 5.38 Å². The van der Waals surface area contributed by atoms with Gasteiger partial charge in [0.05, 0.1) is 15.4 Å². The molecule has 0 bridgehead atoms. The Hall–Kier alpha value is -0.120. The largest absolute Gasteiger partial charge is 1.00 e. The van der Waals surface area contributed by atoms with Crippen molar-refractivity contribution in [1.82, 2.24) is 4.90 Å². The molecule has 22 heavy (non-hydrogen) atoms. The predicted octanol–water partition coefficient (Wildman–Crippen LogP) is -1.000. The first kappa shape index (κ1) is 19.9. The third-order valence-electron chi connectivity index (χ3n) is 3.26. The summed E-state index contributed by atoms with van der Waals surface area (Å²) in [5.74, 6) is -0.494. The van der Waals surface area contributed by atoms with E-state index in [0.29, 0.717) is 0 Å². The van der Waals surface area contributed by atoms with Gasteiger partial charge >= 0.3 is 35.7 Å². The van der Waals surface area contributed by atoms with Gasteiger partial charge in [-0.3, -0.25) is 0 Å². The molecule has 0 spiro atoms. The number of nitrogens with zero attached hydrogens (tertiary/aromatic N) is 1. The molecule has 0 aliphatic carbocycles. The van der Waals surface area contributed by atoms with Gasteiger partial charge in [-0.05, 0) is 43.2 Å². The Kier molecular flexibility index (Phi) is 6.51. The molecule has 1 saturated heterocycles. The predicted molar refractivity (Wildman–Crippen MR) is 78.4 cm³/mol. The zero-order valence-corrected chi connectivity index (χ0v) is 16.7. The van der Waals surface area contributed by atoms with Crippen molar-refractivity contribution in [3.05, 3.63) is 22.4 Å². The molecule has 1 aromatic rings. The zero-order chi connectivity index (χ0) is 15.8. The van der Waals surface area contributed by atoms with Gasteiger partial charge in [-0.15, -0.1) is 0 Å². The van der Waals surface area contributed by atoms with Gasteiger partial charge in [-0.25, -0.2) is 13.2 Å². The number of carbonyl (C=O) groups is 1. The first-order chi connectivity index (χ1) is 9.58. The van der Waals surface area contributed by atoms with Crippen molar-refractivity contribution in [2.24, 2.45) is 0 Å². The minimum Gasteiger partial charge on any atom is -0.748 e. The third-order valence-corrected chi connectivity index (χ3v) is 5.18. The van der Waals surface area contributed by atoms with E-state index in [1.165, 1.54) is 16.2 Å². The topological polar surface area (TPSA) is 86.7 Å². The maximum Gasteiger partial charge on any atom is 1.00 e. The molecule has 1 aliphatic rings. The van der Waals surface area contributed by atoms with Crippen LogP contribution in [-0.4, -0.2) is 47.9 Å². The molecule has 1 fully saturated rings. The van der Waals surface area contributed by atoms with Crippen LogP contribution in [-0.2, 0) is 14.9 Å². The number of likely N-dealkylation sites (tertiary alicyclic amines) is 1. The second kappa shape index (κ2) is 7.19. The van der Waals surface area contributed by atoms with Crippen molar-refractivity contribution in [2.45, 2.75) is 37.5 Å². The quantitative estimate of drug-likeness (QED) is 0.502. The summed E-state index contributed by atoms with van der Waals surface area (Å²) < 4.78 is 39.6. The van der Waals surface area contributed by atoms with E-state index in [0.717, 1.165) is 5.56 Å². The Morgan fingerprint density at radius 1 is 1.41 bits per heavy atom. The van der Waals surface area contributed by atoms with Gasteiger partial charge in [0.25, 0.3) is 0 Å². The molecule has 9 heteroatoms. The van der Waals surface area contributed by atoms with Crippen LogP contribution in [0.2, 0.25) is 0 Å². The van der Waals surface area contributed by atoms with Gasteiger partial charge in [0.2, 0.25) is 0 Å². The molecule has 2 unspecified atom stereocenters. The van der Waals surface area contributed by atoms with E-state index >= 15 is 0 Å². The zero-order valence-electron chi connectivity index (χ0n) is 13.1. The van der Waals surface area contributed by atoms with Gasteiger partial charge < -0.3 is 14.2 Å². The van der Waals surface area contributed by atoms with Crippen LogP contribution in [0.3, 0.4) is 0 Å². The Bertz CT molecular complexity index is 609. The van der Waals surface area contributed by atoms with Crippen LogP contribution in [0, 0.1) is 0 Å². The van der Waals surface area contributed by atoms with Crippen LogP contribution >= 0.6 is 11.3 Å². The fourth-order valence-corrected chi connectivity index (χ4v) is 4.08. The van der Waals surface area contributed by atoms with E-state index < -0.39 is 33.0 Å². The summed E-state index contributed by atoms with van der Waals surface area (Å²) in [5.41, 5.74) is 0.110. The van der Waals surface area contributed by atoms with Crippen LogP contribution < -0.4 is 29.6 Å². The molecule has 0 N–H and O–H groups in total. The molecule has 2 atom stereocenters. The molecule has 2 rings (SSSR count). The fraction of sp³-hybridized carbons (Fsp3) is 0.615. The van der Waals surface area contributed by atoms with Crippen LogP contribution in [0.1, 0.15) is 32.3 Å². The Morgan fingerprint density at radius 2 is 2.05 bits per heavy atom. The van der Waals surface area contributed by atoms with Crippen molar-refractivity contribution in [3.8, 4) is 0 Å². The van der Waals surface area contributed by atoms with E-state index in [-0.39, 0.29) is 42.6 Å². The van der Waals surface area contributed by atoms with Crippen molar-refractivity contribution < 1.29 is 52.1 Å². The van der Waals surface area contributed by atoms with Gasteiger partial charge in [0, 0.05) is 19.0 Å². The average Bonchev–Trinajstić information content (AvgIpc) is 2.94. The number of thiophene rings is 1. The van der Waals surface area contributed by atoms with Crippen molar-refractivity contribution in [2.75, 3.05) is 13.1 Å². The van der Waals surface area contributed by atoms with Gasteiger partial charge in [0.1, 0.15) is 5.60 Å². The van der Waals surface area contributed by atoms with Crippen LogP contribution in [0.4, 0.5) is 4.79 Å². The molecule has 2 heterocycles.